The number of rotatable bonds is 6. The Bertz CT molecular complexity index is 273. The van der Waals surface area contributed by atoms with E-state index in [2.05, 4.69) is 24.8 Å². The summed E-state index contributed by atoms with van der Waals surface area (Å²) in [6, 6.07) is 10.3. The van der Waals surface area contributed by atoms with E-state index in [1.807, 2.05) is 18.2 Å². The van der Waals surface area contributed by atoms with Gasteiger partial charge in [-0.15, -0.1) is 0 Å². The number of unbranched alkanes of at least 4 members (excludes halogenated alkanes) is 1. The van der Waals surface area contributed by atoms with E-state index in [9.17, 15) is 5.11 Å². The smallest absolute Gasteiger partial charge is 0.0739 e. The van der Waals surface area contributed by atoms with Crippen LogP contribution < -0.4 is 5.73 Å². The van der Waals surface area contributed by atoms with Crippen LogP contribution in [0.25, 0.3) is 0 Å². The van der Waals surface area contributed by atoms with Gasteiger partial charge in [-0.05, 0) is 24.8 Å². The van der Waals surface area contributed by atoms with Crippen molar-refractivity contribution in [3.63, 3.8) is 0 Å². The quantitative estimate of drug-likeness (QED) is 0.681. The van der Waals surface area contributed by atoms with Gasteiger partial charge in [-0.1, -0.05) is 37.3 Å². The molecule has 1 aromatic rings. The van der Waals surface area contributed by atoms with E-state index in [0.29, 0.717) is 0 Å². The Balaban J connectivity index is 2.67. The number of hydrogen-bond acceptors (Lipinski definition) is 1. The molecule has 0 aromatic heterocycles. The van der Waals surface area contributed by atoms with Crippen molar-refractivity contribution < 1.29 is 10.8 Å². The van der Waals surface area contributed by atoms with Crippen LogP contribution in [0.15, 0.2) is 30.3 Å². The van der Waals surface area contributed by atoms with E-state index in [1.165, 1.54) is 5.56 Å². The highest BCUT2D eigenvalue weighted by atomic mass is 16.3. The van der Waals surface area contributed by atoms with E-state index in [4.69, 9.17) is 0 Å². The van der Waals surface area contributed by atoms with E-state index < -0.39 is 0 Å². The molecule has 84 valence electrons. The predicted octanol–water partition coefficient (Wildman–Crippen LogP) is 1.35. The number of aliphatic hydroxyl groups excluding tert-OH is 1. The molecule has 1 unspecified atom stereocenters. The van der Waals surface area contributed by atoms with Crippen molar-refractivity contribution in [3.05, 3.63) is 35.9 Å². The molecule has 0 bridgehead atoms. The Morgan fingerprint density at radius 2 is 1.87 bits per heavy atom. The summed E-state index contributed by atoms with van der Waals surface area (Å²) in [5, 5.41) is 9.52. The topological polar surface area (TPSA) is 47.9 Å². The van der Waals surface area contributed by atoms with Crippen LogP contribution in [0.3, 0.4) is 0 Å². The predicted molar refractivity (Wildman–Crippen MR) is 62.5 cm³/mol. The van der Waals surface area contributed by atoms with Crippen LogP contribution in [0.4, 0.5) is 0 Å². The van der Waals surface area contributed by atoms with Gasteiger partial charge < -0.3 is 10.8 Å². The fourth-order valence-electron chi connectivity index (χ4n) is 1.85. The van der Waals surface area contributed by atoms with Gasteiger partial charge in [0.15, 0.2) is 0 Å². The zero-order valence-corrected chi connectivity index (χ0v) is 9.58. The van der Waals surface area contributed by atoms with E-state index >= 15 is 0 Å². The second kappa shape index (κ2) is 5.89. The highest BCUT2D eigenvalue weighted by Crippen LogP contribution is 2.28. The summed E-state index contributed by atoms with van der Waals surface area (Å²) in [7, 11) is 0. The van der Waals surface area contributed by atoms with Crippen LogP contribution in [0.5, 0.6) is 0 Å². The molecule has 0 radical (unpaired) electrons. The first kappa shape index (κ1) is 12.2. The average Bonchev–Trinajstić information content (AvgIpc) is 2.30. The molecule has 0 saturated heterocycles. The van der Waals surface area contributed by atoms with Gasteiger partial charge in [-0.25, -0.2) is 0 Å². The SMILES string of the molecule is CC(CO)(CCCC[NH3+])c1ccccc1. The monoisotopic (exact) mass is 208 g/mol. The van der Waals surface area contributed by atoms with Gasteiger partial charge >= 0.3 is 0 Å². The summed E-state index contributed by atoms with van der Waals surface area (Å²) in [6.45, 7) is 3.33. The third-order valence-corrected chi connectivity index (χ3v) is 3.05. The van der Waals surface area contributed by atoms with Crippen molar-refractivity contribution in [3.8, 4) is 0 Å². The van der Waals surface area contributed by atoms with Gasteiger partial charge in [0.05, 0.1) is 13.2 Å². The highest BCUT2D eigenvalue weighted by Gasteiger charge is 2.24. The van der Waals surface area contributed by atoms with Crippen molar-refractivity contribution in [1.29, 1.82) is 0 Å². The number of quaternary nitrogens is 1. The van der Waals surface area contributed by atoms with Crippen molar-refractivity contribution >= 4 is 0 Å². The minimum absolute atomic E-state index is 0.0869. The lowest BCUT2D eigenvalue weighted by atomic mass is 9.79. The van der Waals surface area contributed by atoms with Gasteiger partial charge in [0.2, 0.25) is 0 Å². The zero-order valence-electron chi connectivity index (χ0n) is 9.58. The van der Waals surface area contributed by atoms with Crippen molar-refractivity contribution in [2.24, 2.45) is 0 Å². The minimum Gasteiger partial charge on any atom is -0.395 e. The molecule has 0 saturated carbocycles. The first-order chi connectivity index (χ1) is 7.23. The van der Waals surface area contributed by atoms with Crippen molar-refractivity contribution in [2.45, 2.75) is 31.6 Å². The van der Waals surface area contributed by atoms with Crippen LogP contribution in [0, 0.1) is 0 Å². The lowest BCUT2D eigenvalue weighted by Gasteiger charge is -2.27. The molecule has 0 spiro atoms. The molecule has 4 N–H and O–H groups in total. The standard InChI is InChI=1S/C13H21NO/c1-13(11-15,9-5-6-10-14)12-7-3-2-4-8-12/h2-4,7-8,15H,5-6,9-11,14H2,1H3/p+1. The maximum absolute atomic E-state index is 9.52. The zero-order chi connectivity index (χ0) is 11.1. The maximum atomic E-state index is 9.52. The third kappa shape index (κ3) is 3.33. The van der Waals surface area contributed by atoms with Gasteiger partial charge in [0.1, 0.15) is 0 Å². The second-order valence-corrected chi connectivity index (χ2v) is 4.40. The van der Waals surface area contributed by atoms with Crippen molar-refractivity contribution in [2.75, 3.05) is 13.2 Å². The number of hydrogen-bond donors (Lipinski definition) is 2. The summed E-state index contributed by atoms with van der Waals surface area (Å²) in [5.41, 5.74) is 4.99. The van der Waals surface area contributed by atoms with E-state index in [-0.39, 0.29) is 12.0 Å². The van der Waals surface area contributed by atoms with E-state index in [1.54, 1.807) is 0 Å². The molecular formula is C13H22NO+. The Morgan fingerprint density at radius 1 is 1.20 bits per heavy atom. The number of aliphatic hydroxyl groups is 1. The average molecular weight is 208 g/mol. The normalized spacial score (nSPS) is 14.9. The van der Waals surface area contributed by atoms with Gasteiger partial charge in [-0.3, -0.25) is 0 Å². The first-order valence-corrected chi connectivity index (χ1v) is 5.68. The second-order valence-electron chi connectivity index (χ2n) is 4.40. The largest absolute Gasteiger partial charge is 0.395 e. The molecule has 0 aliphatic heterocycles. The minimum atomic E-state index is -0.0869. The molecule has 2 nitrogen and oxygen atoms in total. The molecule has 0 aliphatic rings. The summed E-state index contributed by atoms with van der Waals surface area (Å²) < 4.78 is 0. The fourth-order valence-corrected chi connectivity index (χ4v) is 1.85. The summed E-state index contributed by atoms with van der Waals surface area (Å²) in [4.78, 5) is 0. The van der Waals surface area contributed by atoms with E-state index in [0.717, 1.165) is 25.8 Å². The molecule has 1 atom stereocenters. The van der Waals surface area contributed by atoms with Crippen LogP contribution in [0.2, 0.25) is 0 Å². The van der Waals surface area contributed by atoms with Crippen LogP contribution >= 0.6 is 0 Å². The molecule has 0 amide bonds. The van der Waals surface area contributed by atoms with Gasteiger partial charge in [0.25, 0.3) is 0 Å². The molecule has 15 heavy (non-hydrogen) atoms. The molecule has 0 fully saturated rings. The van der Waals surface area contributed by atoms with Crippen molar-refractivity contribution in [1.82, 2.24) is 0 Å². The van der Waals surface area contributed by atoms with Crippen LogP contribution in [-0.4, -0.2) is 18.3 Å². The molecular weight excluding hydrogens is 186 g/mol. The summed E-state index contributed by atoms with van der Waals surface area (Å²) >= 11 is 0. The molecule has 0 heterocycles. The summed E-state index contributed by atoms with van der Waals surface area (Å²) in [6.07, 6.45) is 3.31. The lowest BCUT2D eigenvalue weighted by molar-refractivity contribution is -0.368. The Labute approximate surface area is 92.1 Å². The highest BCUT2D eigenvalue weighted by molar-refractivity contribution is 5.24. The summed E-state index contributed by atoms with van der Waals surface area (Å²) in [5.74, 6) is 0. The Kier molecular flexibility index (Phi) is 4.79. The van der Waals surface area contributed by atoms with Crippen LogP contribution in [0.1, 0.15) is 31.7 Å². The van der Waals surface area contributed by atoms with Gasteiger partial charge in [0, 0.05) is 5.41 Å². The van der Waals surface area contributed by atoms with Gasteiger partial charge in [-0.2, -0.15) is 0 Å². The lowest BCUT2D eigenvalue weighted by Crippen LogP contribution is -2.50. The van der Waals surface area contributed by atoms with Crippen LogP contribution in [-0.2, 0) is 5.41 Å². The Morgan fingerprint density at radius 3 is 2.40 bits per heavy atom. The third-order valence-electron chi connectivity index (χ3n) is 3.05. The first-order valence-electron chi connectivity index (χ1n) is 5.68. The number of benzene rings is 1. The molecule has 1 aromatic carbocycles. The molecule has 0 aliphatic carbocycles. The molecule has 1 rings (SSSR count). The maximum Gasteiger partial charge on any atom is 0.0739 e. The molecule has 2 heteroatoms. The fraction of sp³-hybridized carbons (Fsp3) is 0.538. The Hall–Kier alpha value is -0.860.